The third kappa shape index (κ3) is 3.51. The van der Waals surface area contributed by atoms with Gasteiger partial charge in [0.25, 0.3) is 0 Å². The molecule has 2 rings (SSSR count). The Labute approximate surface area is 125 Å². The van der Waals surface area contributed by atoms with Crippen molar-refractivity contribution in [1.29, 1.82) is 0 Å². The predicted molar refractivity (Wildman–Crippen MR) is 77.8 cm³/mol. The Balaban J connectivity index is 2.09. The number of aryl methyl sites for hydroxylation is 1. The topological polar surface area (TPSA) is 25.8 Å². The zero-order chi connectivity index (χ0) is 13.1. The Morgan fingerprint density at radius 3 is 2.67 bits per heavy atom. The summed E-state index contributed by atoms with van der Waals surface area (Å²) in [5.74, 6) is 0.676. The van der Waals surface area contributed by atoms with Gasteiger partial charge in [0.05, 0.1) is 0 Å². The number of thioether (sulfide) groups is 1. The summed E-state index contributed by atoms with van der Waals surface area (Å²) >= 11 is 19.3. The standard InChI is InChI=1S/C12H9Cl3N2S/c1-7-5-16-12(17-11(7)15)18-6-8-2-3-9(13)4-10(8)14/h2-5H,6H2,1H3. The minimum atomic E-state index is 0.481. The minimum Gasteiger partial charge on any atom is -0.231 e. The molecular weight excluding hydrogens is 311 g/mol. The van der Waals surface area contributed by atoms with E-state index in [-0.39, 0.29) is 0 Å². The molecule has 94 valence electrons. The van der Waals surface area contributed by atoms with Crippen molar-refractivity contribution in [1.82, 2.24) is 9.97 Å². The van der Waals surface area contributed by atoms with Crippen LogP contribution in [0.2, 0.25) is 15.2 Å². The minimum absolute atomic E-state index is 0.481. The van der Waals surface area contributed by atoms with Crippen LogP contribution in [0.3, 0.4) is 0 Å². The predicted octanol–water partition coefficient (Wildman–Crippen LogP) is 5.04. The molecule has 1 aromatic carbocycles. The van der Waals surface area contributed by atoms with E-state index in [1.54, 1.807) is 12.3 Å². The van der Waals surface area contributed by atoms with E-state index in [0.29, 0.717) is 26.1 Å². The van der Waals surface area contributed by atoms with Gasteiger partial charge < -0.3 is 0 Å². The Bertz CT molecular complexity index is 575. The van der Waals surface area contributed by atoms with Crippen LogP contribution in [0.4, 0.5) is 0 Å². The number of aromatic nitrogens is 2. The van der Waals surface area contributed by atoms with Crippen molar-refractivity contribution in [2.45, 2.75) is 17.8 Å². The zero-order valence-corrected chi connectivity index (χ0v) is 12.5. The number of hydrogen-bond donors (Lipinski definition) is 0. The number of benzene rings is 1. The second-order valence-corrected chi connectivity index (χ2v) is 5.79. The van der Waals surface area contributed by atoms with Crippen molar-refractivity contribution in [2.24, 2.45) is 0 Å². The third-order valence-electron chi connectivity index (χ3n) is 2.26. The van der Waals surface area contributed by atoms with Gasteiger partial charge >= 0.3 is 0 Å². The van der Waals surface area contributed by atoms with Crippen LogP contribution in [0, 0.1) is 6.92 Å². The van der Waals surface area contributed by atoms with Gasteiger partial charge in [-0.1, -0.05) is 52.6 Å². The maximum atomic E-state index is 6.09. The molecule has 6 heteroatoms. The summed E-state index contributed by atoms with van der Waals surface area (Å²) in [5, 5.41) is 2.39. The third-order valence-corrected chi connectivity index (χ3v) is 4.14. The largest absolute Gasteiger partial charge is 0.231 e. The number of rotatable bonds is 3. The van der Waals surface area contributed by atoms with Crippen molar-refractivity contribution in [3.05, 3.63) is 50.7 Å². The van der Waals surface area contributed by atoms with Gasteiger partial charge in [-0.25, -0.2) is 9.97 Å². The van der Waals surface area contributed by atoms with Crippen LogP contribution in [0.15, 0.2) is 29.6 Å². The lowest BCUT2D eigenvalue weighted by molar-refractivity contribution is 0.950. The van der Waals surface area contributed by atoms with E-state index < -0.39 is 0 Å². The van der Waals surface area contributed by atoms with Crippen molar-refractivity contribution in [2.75, 3.05) is 0 Å². The van der Waals surface area contributed by atoms with E-state index in [1.807, 2.05) is 19.1 Å². The molecule has 0 amide bonds. The fourth-order valence-electron chi connectivity index (χ4n) is 1.26. The molecule has 1 aromatic heterocycles. The highest BCUT2D eigenvalue weighted by Crippen LogP contribution is 2.27. The van der Waals surface area contributed by atoms with Crippen LogP contribution >= 0.6 is 46.6 Å². The Kier molecular flexibility index (Phi) is 4.73. The molecule has 2 nitrogen and oxygen atoms in total. The SMILES string of the molecule is Cc1cnc(SCc2ccc(Cl)cc2Cl)nc1Cl. The van der Waals surface area contributed by atoms with Gasteiger partial charge in [0.1, 0.15) is 5.15 Å². The Morgan fingerprint density at radius 1 is 1.22 bits per heavy atom. The average molecular weight is 320 g/mol. The van der Waals surface area contributed by atoms with Gasteiger partial charge in [-0.05, 0) is 24.6 Å². The van der Waals surface area contributed by atoms with E-state index in [0.717, 1.165) is 11.1 Å². The highest BCUT2D eigenvalue weighted by atomic mass is 35.5. The lowest BCUT2D eigenvalue weighted by Gasteiger charge is -2.04. The van der Waals surface area contributed by atoms with Gasteiger partial charge in [0.15, 0.2) is 5.16 Å². The Morgan fingerprint density at radius 2 is 2.00 bits per heavy atom. The quantitative estimate of drug-likeness (QED) is 0.450. The smallest absolute Gasteiger partial charge is 0.189 e. The molecule has 0 spiro atoms. The molecule has 0 saturated heterocycles. The van der Waals surface area contributed by atoms with Crippen molar-refractivity contribution < 1.29 is 0 Å². The van der Waals surface area contributed by atoms with Crippen LogP contribution in [0.1, 0.15) is 11.1 Å². The normalized spacial score (nSPS) is 10.7. The average Bonchev–Trinajstić information content (AvgIpc) is 2.32. The molecule has 0 atom stereocenters. The summed E-state index contributed by atoms with van der Waals surface area (Å²) in [6.45, 7) is 1.87. The van der Waals surface area contributed by atoms with Crippen molar-refractivity contribution in [3.8, 4) is 0 Å². The van der Waals surface area contributed by atoms with Crippen LogP contribution in [-0.4, -0.2) is 9.97 Å². The van der Waals surface area contributed by atoms with Gasteiger partial charge in [-0.3, -0.25) is 0 Å². The molecule has 0 bridgehead atoms. The lowest BCUT2D eigenvalue weighted by atomic mass is 10.2. The Hall–Kier alpha value is -0.480. The number of nitrogens with zero attached hydrogens (tertiary/aromatic N) is 2. The maximum Gasteiger partial charge on any atom is 0.189 e. The molecule has 0 aliphatic rings. The second-order valence-electron chi connectivity index (χ2n) is 3.65. The van der Waals surface area contributed by atoms with E-state index in [2.05, 4.69) is 9.97 Å². The lowest BCUT2D eigenvalue weighted by Crippen LogP contribution is -1.91. The van der Waals surface area contributed by atoms with E-state index in [4.69, 9.17) is 34.8 Å². The summed E-state index contributed by atoms with van der Waals surface area (Å²) in [7, 11) is 0. The van der Waals surface area contributed by atoms with Crippen LogP contribution in [0.5, 0.6) is 0 Å². The highest BCUT2D eigenvalue weighted by Gasteiger charge is 2.05. The van der Waals surface area contributed by atoms with E-state index in [1.165, 1.54) is 11.8 Å². The van der Waals surface area contributed by atoms with Gasteiger partial charge in [0.2, 0.25) is 0 Å². The van der Waals surface area contributed by atoms with E-state index in [9.17, 15) is 0 Å². The molecular formula is C12H9Cl3N2S. The van der Waals surface area contributed by atoms with Crippen LogP contribution < -0.4 is 0 Å². The second kappa shape index (κ2) is 6.11. The summed E-state index contributed by atoms with van der Waals surface area (Å²) in [6, 6.07) is 5.43. The molecule has 0 unspecified atom stereocenters. The monoisotopic (exact) mass is 318 g/mol. The molecule has 0 fully saturated rings. The fourth-order valence-corrected chi connectivity index (χ4v) is 2.81. The maximum absolute atomic E-state index is 6.09. The first-order valence-electron chi connectivity index (χ1n) is 5.12. The molecule has 0 N–H and O–H groups in total. The number of halogens is 3. The zero-order valence-electron chi connectivity index (χ0n) is 9.45. The first kappa shape index (κ1) is 13.9. The summed E-state index contributed by atoms with van der Waals surface area (Å²) in [5.41, 5.74) is 1.86. The first-order valence-corrected chi connectivity index (χ1v) is 7.24. The first-order chi connectivity index (χ1) is 8.56. The van der Waals surface area contributed by atoms with Crippen molar-refractivity contribution >= 4 is 46.6 Å². The van der Waals surface area contributed by atoms with Gasteiger partial charge in [0, 0.05) is 27.6 Å². The van der Waals surface area contributed by atoms with Crippen LogP contribution in [0.25, 0.3) is 0 Å². The summed E-state index contributed by atoms with van der Waals surface area (Å²) in [4.78, 5) is 8.38. The fraction of sp³-hybridized carbons (Fsp3) is 0.167. The molecule has 18 heavy (non-hydrogen) atoms. The van der Waals surface area contributed by atoms with Gasteiger partial charge in [-0.15, -0.1) is 0 Å². The molecule has 0 aliphatic carbocycles. The van der Waals surface area contributed by atoms with Crippen LogP contribution in [-0.2, 0) is 5.75 Å². The highest BCUT2D eigenvalue weighted by molar-refractivity contribution is 7.98. The molecule has 0 saturated carbocycles. The van der Waals surface area contributed by atoms with Crippen molar-refractivity contribution in [3.63, 3.8) is 0 Å². The molecule has 1 heterocycles. The molecule has 2 aromatic rings. The van der Waals surface area contributed by atoms with E-state index >= 15 is 0 Å². The summed E-state index contributed by atoms with van der Waals surface area (Å²) in [6.07, 6.45) is 1.71. The van der Waals surface area contributed by atoms with Gasteiger partial charge in [-0.2, -0.15) is 0 Å². The molecule has 0 aliphatic heterocycles. The molecule has 0 radical (unpaired) electrons. The number of hydrogen-bond acceptors (Lipinski definition) is 3. The summed E-state index contributed by atoms with van der Waals surface area (Å²) < 4.78 is 0.